The number of carbonyl (C=O) groups is 3. The summed E-state index contributed by atoms with van der Waals surface area (Å²) in [4.78, 5) is 41.3. The number of amides is 4. The van der Waals surface area contributed by atoms with Crippen LogP contribution in [0.25, 0.3) is 11.6 Å². The van der Waals surface area contributed by atoms with E-state index in [4.69, 9.17) is 5.73 Å². The van der Waals surface area contributed by atoms with Gasteiger partial charge in [-0.15, -0.1) is 0 Å². The summed E-state index contributed by atoms with van der Waals surface area (Å²) in [7, 11) is 0. The first-order valence-corrected chi connectivity index (χ1v) is 11.2. The number of anilines is 2. The lowest BCUT2D eigenvalue weighted by atomic mass is 10.0. The number of H-pyrrole nitrogens is 1. The molecular formula is C23H24F4N6O3. The summed E-state index contributed by atoms with van der Waals surface area (Å²) in [6.07, 6.45) is -1.94. The van der Waals surface area contributed by atoms with Crippen molar-refractivity contribution < 1.29 is 31.9 Å². The van der Waals surface area contributed by atoms with Gasteiger partial charge in [0.2, 0.25) is 0 Å². The Labute approximate surface area is 203 Å². The fourth-order valence-corrected chi connectivity index (χ4v) is 4.53. The number of aromatic amines is 1. The summed E-state index contributed by atoms with van der Waals surface area (Å²) >= 11 is 0. The van der Waals surface area contributed by atoms with Crippen LogP contribution in [0.15, 0.2) is 12.1 Å². The third-order valence-electron chi connectivity index (χ3n) is 6.06. The molecule has 0 radical (unpaired) electrons. The molecule has 1 fully saturated rings. The van der Waals surface area contributed by atoms with Crippen LogP contribution in [0.3, 0.4) is 0 Å². The number of primary amides is 1. The lowest BCUT2D eigenvalue weighted by Crippen LogP contribution is -2.34. The van der Waals surface area contributed by atoms with E-state index in [-0.39, 0.29) is 34.8 Å². The average Bonchev–Trinajstić information content (AvgIpc) is 3.47. The molecule has 0 aliphatic carbocycles. The predicted octanol–water partition coefficient (Wildman–Crippen LogP) is 3.29. The molecule has 36 heavy (non-hydrogen) atoms. The van der Waals surface area contributed by atoms with Crippen LogP contribution in [-0.2, 0) is 11.0 Å². The standard InChI is InChI=1S/C23H24F4N6O3/c1-11-17(21(35)29-4-7-33-5-2-3-6-33)18(23(25,26)27)15(30-11)10-14-13-8-12(24)9-16(31-22(28)36)19(13)32-20(14)34/h8-10,30H,2-7H2,1H3,(H,29,35)(H,32,34)(H3,28,31,36)/b14-10-. The number of rotatable bonds is 6. The third-order valence-corrected chi connectivity index (χ3v) is 6.06. The molecule has 0 bridgehead atoms. The summed E-state index contributed by atoms with van der Waals surface area (Å²) in [5, 5.41) is 7.11. The van der Waals surface area contributed by atoms with E-state index in [1.54, 1.807) is 0 Å². The van der Waals surface area contributed by atoms with E-state index in [0.717, 1.165) is 44.1 Å². The van der Waals surface area contributed by atoms with Crippen LogP contribution >= 0.6 is 0 Å². The van der Waals surface area contributed by atoms with Gasteiger partial charge in [0.1, 0.15) is 5.82 Å². The zero-order valence-electron chi connectivity index (χ0n) is 19.2. The van der Waals surface area contributed by atoms with Crippen molar-refractivity contribution in [2.45, 2.75) is 25.9 Å². The number of aromatic nitrogens is 1. The van der Waals surface area contributed by atoms with Crippen LogP contribution in [0.2, 0.25) is 0 Å². The fraction of sp³-hybridized carbons (Fsp3) is 0.348. The van der Waals surface area contributed by atoms with Gasteiger partial charge in [-0.3, -0.25) is 9.59 Å². The maximum atomic E-state index is 14.2. The minimum atomic E-state index is -4.93. The van der Waals surface area contributed by atoms with Crippen LogP contribution in [0.5, 0.6) is 0 Å². The van der Waals surface area contributed by atoms with Crippen molar-refractivity contribution in [2.24, 2.45) is 5.73 Å². The lowest BCUT2D eigenvalue weighted by Gasteiger charge is -2.15. The number of benzene rings is 1. The van der Waals surface area contributed by atoms with Crippen molar-refractivity contribution in [1.29, 1.82) is 0 Å². The van der Waals surface area contributed by atoms with Gasteiger partial charge >= 0.3 is 12.2 Å². The molecule has 0 spiro atoms. The monoisotopic (exact) mass is 508 g/mol. The van der Waals surface area contributed by atoms with E-state index in [0.29, 0.717) is 6.54 Å². The number of likely N-dealkylation sites (tertiary alicyclic amines) is 1. The Morgan fingerprint density at radius 2 is 1.92 bits per heavy atom. The number of alkyl halides is 3. The molecule has 0 unspecified atom stereocenters. The minimum Gasteiger partial charge on any atom is -0.358 e. The van der Waals surface area contributed by atoms with Gasteiger partial charge in [-0.2, -0.15) is 13.2 Å². The normalized spacial score (nSPS) is 16.8. The van der Waals surface area contributed by atoms with Gasteiger partial charge in [0.15, 0.2) is 0 Å². The second-order valence-electron chi connectivity index (χ2n) is 8.59. The second-order valence-corrected chi connectivity index (χ2v) is 8.59. The third kappa shape index (κ3) is 5.05. The van der Waals surface area contributed by atoms with E-state index in [9.17, 15) is 31.9 Å². The van der Waals surface area contributed by atoms with E-state index in [1.807, 2.05) is 0 Å². The van der Waals surface area contributed by atoms with Crippen LogP contribution in [0, 0.1) is 12.7 Å². The first kappa shape index (κ1) is 25.2. The highest BCUT2D eigenvalue weighted by atomic mass is 19.4. The first-order valence-electron chi connectivity index (χ1n) is 11.2. The highest BCUT2D eigenvalue weighted by Gasteiger charge is 2.41. The molecule has 1 aromatic heterocycles. The number of nitrogens with one attached hydrogen (secondary N) is 4. The van der Waals surface area contributed by atoms with Crippen LogP contribution in [0.4, 0.5) is 33.7 Å². The van der Waals surface area contributed by atoms with Crippen molar-refractivity contribution in [2.75, 3.05) is 36.8 Å². The second kappa shape index (κ2) is 9.64. The molecule has 1 aromatic carbocycles. The van der Waals surface area contributed by atoms with Crippen molar-refractivity contribution in [3.63, 3.8) is 0 Å². The number of aryl methyl sites for hydroxylation is 1. The average molecular weight is 508 g/mol. The molecule has 2 aliphatic heterocycles. The summed E-state index contributed by atoms with van der Waals surface area (Å²) < 4.78 is 56.6. The van der Waals surface area contributed by atoms with Gasteiger partial charge in [-0.1, -0.05) is 0 Å². The molecule has 2 aliphatic rings. The maximum Gasteiger partial charge on any atom is 0.419 e. The number of nitrogens with zero attached hydrogens (tertiary/aromatic N) is 1. The molecule has 6 N–H and O–H groups in total. The Balaban J connectivity index is 1.71. The van der Waals surface area contributed by atoms with Crippen molar-refractivity contribution in [3.05, 3.63) is 46.0 Å². The van der Waals surface area contributed by atoms with Gasteiger partial charge < -0.3 is 31.6 Å². The molecule has 9 nitrogen and oxygen atoms in total. The molecule has 4 rings (SSSR count). The Bertz CT molecular complexity index is 1260. The Kier molecular flexibility index (Phi) is 6.76. The number of halogens is 4. The SMILES string of the molecule is Cc1[nH]c(/C=C2\C(=O)Nc3c(NC(N)=O)cc(F)cc32)c(C(F)(F)F)c1C(=O)NCCN1CCCC1. The van der Waals surface area contributed by atoms with Gasteiger partial charge in [0.25, 0.3) is 11.8 Å². The number of nitrogens with two attached hydrogens (primary N) is 1. The molecule has 1 saturated heterocycles. The summed E-state index contributed by atoms with van der Waals surface area (Å²) in [5.74, 6) is -2.56. The highest BCUT2D eigenvalue weighted by molar-refractivity contribution is 6.36. The molecule has 192 valence electrons. The highest BCUT2D eigenvalue weighted by Crippen LogP contribution is 2.42. The fourth-order valence-electron chi connectivity index (χ4n) is 4.53. The molecule has 3 heterocycles. The predicted molar refractivity (Wildman–Crippen MR) is 125 cm³/mol. The lowest BCUT2D eigenvalue weighted by molar-refractivity contribution is -0.138. The molecule has 0 saturated carbocycles. The quantitative estimate of drug-likeness (QED) is 0.303. The van der Waals surface area contributed by atoms with Crippen molar-refractivity contribution in [1.82, 2.24) is 15.2 Å². The first-order chi connectivity index (χ1) is 17.0. The largest absolute Gasteiger partial charge is 0.419 e. The maximum absolute atomic E-state index is 14.2. The zero-order valence-corrected chi connectivity index (χ0v) is 19.2. The van der Waals surface area contributed by atoms with Gasteiger partial charge in [-0.25, -0.2) is 9.18 Å². The van der Waals surface area contributed by atoms with Crippen molar-refractivity contribution >= 4 is 40.9 Å². The molecule has 13 heteroatoms. The van der Waals surface area contributed by atoms with E-state index in [1.165, 1.54) is 6.92 Å². The van der Waals surface area contributed by atoms with Crippen LogP contribution in [-0.4, -0.2) is 53.9 Å². The zero-order chi connectivity index (χ0) is 26.2. The van der Waals surface area contributed by atoms with Gasteiger partial charge in [0.05, 0.1) is 33.8 Å². The molecule has 4 amide bonds. The topological polar surface area (TPSA) is 132 Å². The Morgan fingerprint density at radius 3 is 2.56 bits per heavy atom. The minimum absolute atomic E-state index is 0.0110. The van der Waals surface area contributed by atoms with Gasteiger partial charge in [0, 0.05) is 24.3 Å². The van der Waals surface area contributed by atoms with Crippen LogP contribution < -0.4 is 21.7 Å². The van der Waals surface area contributed by atoms with Crippen LogP contribution in [0.1, 0.15) is 45.7 Å². The molecule has 0 atom stereocenters. The smallest absolute Gasteiger partial charge is 0.358 e. The summed E-state index contributed by atoms with van der Waals surface area (Å²) in [6, 6.07) is 0.839. The summed E-state index contributed by atoms with van der Waals surface area (Å²) in [6.45, 7) is 3.79. The Hall–Kier alpha value is -3.87. The van der Waals surface area contributed by atoms with Gasteiger partial charge in [-0.05, 0) is 51.1 Å². The summed E-state index contributed by atoms with van der Waals surface area (Å²) in [5.41, 5.74) is 2.18. The van der Waals surface area contributed by atoms with E-state index < -0.39 is 46.7 Å². The number of urea groups is 1. The molecular weight excluding hydrogens is 484 g/mol. The number of fused-ring (bicyclic) bond motifs is 1. The van der Waals surface area contributed by atoms with E-state index in [2.05, 4.69) is 25.8 Å². The molecule has 2 aromatic rings. The van der Waals surface area contributed by atoms with E-state index >= 15 is 0 Å². The number of hydrogen-bond donors (Lipinski definition) is 5. The number of carbonyl (C=O) groups excluding carboxylic acids is 3. The Morgan fingerprint density at radius 1 is 1.22 bits per heavy atom. The number of hydrogen-bond acceptors (Lipinski definition) is 4. The van der Waals surface area contributed by atoms with Crippen molar-refractivity contribution in [3.8, 4) is 0 Å².